The van der Waals surface area contributed by atoms with Gasteiger partial charge in [0.25, 0.3) is 0 Å². The summed E-state index contributed by atoms with van der Waals surface area (Å²) in [5.41, 5.74) is 2.46. The van der Waals surface area contributed by atoms with Gasteiger partial charge >= 0.3 is 5.97 Å². The summed E-state index contributed by atoms with van der Waals surface area (Å²) >= 11 is 0. The molecule has 2 N–H and O–H groups in total. The summed E-state index contributed by atoms with van der Waals surface area (Å²) < 4.78 is 10.9. The fraction of sp³-hybridized carbons (Fsp3) is 0.533. The molecule has 108 valence electrons. The lowest BCUT2D eigenvalue weighted by atomic mass is 9.87. The van der Waals surface area contributed by atoms with Crippen LogP contribution in [0.15, 0.2) is 6.07 Å². The lowest BCUT2D eigenvalue weighted by Gasteiger charge is -2.24. The number of hydrogen-bond acceptors (Lipinski definition) is 4. The van der Waals surface area contributed by atoms with E-state index in [0.29, 0.717) is 23.3 Å². The van der Waals surface area contributed by atoms with Gasteiger partial charge in [-0.3, -0.25) is 0 Å². The lowest BCUT2D eigenvalue weighted by molar-refractivity contribution is -0.147. The van der Waals surface area contributed by atoms with Crippen LogP contribution in [0.2, 0.25) is 0 Å². The summed E-state index contributed by atoms with van der Waals surface area (Å²) in [6, 6.07) is 1.61. The Balaban J connectivity index is 2.23. The molecule has 1 saturated carbocycles. The van der Waals surface area contributed by atoms with Crippen LogP contribution >= 0.6 is 0 Å². The van der Waals surface area contributed by atoms with Crippen molar-refractivity contribution in [3.8, 4) is 11.5 Å². The maximum Gasteiger partial charge on any atom is 0.337 e. The highest BCUT2D eigenvalue weighted by atomic mass is 16.5. The van der Waals surface area contributed by atoms with Crippen LogP contribution in [0.5, 0.6) is 11.5 Å². The summed E-state index contributed by atoms with van der Waals surface area (Å²) in [5.74, 6) is 0.759. The minimum Gasteiger partial charge on any atom is -0.496 e. The van der Waals surface area contributed by atoms with E-state index in [1.54, 1.807) is 13.2 Å². The van der Waals surface area contributed by atoms with Crippen LogP contribution in [0.1, 0.15) is 53.9 Å². The third kappa shape index (κ3) is 1.69. The molecule has 2 aliphatic rings. The fourth-order valence-corrected chi connectivity index (χ4v) is 3.76. The number of fused-ring (bicyclic) bond motifs is 5. The molecule has 5 heteroatoms. The van der Waals surface area contributed by atoms with E-state index in [4.69, 9.17) is 14.6 Å². The Morgan fingerprint density at radius 3 is 2.45 bits per heavy atom. The molecule has 1 aromatic rings. The van der Waals surface area contributed by atoms with Gasteiger partial charge in [-0.1, -0.05) is 0 Å². The average molecular weight is 278 g/mol. The van der Waals surface area contributed by atoms with Crippen molar-refractivity contribution in [2.45, 2.75) is 37.2 Å². The van der Waals surface area contributed by atoms with Gasteiger partial charge in [0.05, 0.1) is 14.2 Å². The molecule has 0 spiro atoms. The Labute approximate surface area is 117 Å². The summed E-state index contributed by atoms with van der Waals surface area (Å²) in [7, 11) is 3.09. The third-order valence-electron chi connectivity index (χ3n) is 4.55. The van der Waals surface area contributed by atoms with Crippen molar-refractivity contribution in [1.29, 1.82) is 0 Å². The number of aliphatic carboxylic acids is 1. The Morgan fingerprint density at radius 2 is 1.90 bits per heavy atom. The number of carboxylic acids is 1. The SMILES string of the molecule is COc1cc(C(O)C(=O)O)c(OC)c2c1C1CCC2C1. The number of rotatable bonds is 4. The summed E-state index contributed by atoms with van der Waals surface area (Å²) in [5, 5.41) is 18.9. The topological polar surface area (TPSA) is 76.0 Å². The molecule has 1 fully saturated rings. The molecule has 5 nitrogen and oxygen atoms in total. The molecule has 0 aromatic heterocycles. The molecule has 20 heavy (non-hydrogen) atoms. The van der Waals surface area contributed by atoms with Gasteiger partial charge < -0.3 is 19.7 Å². The highest BCUT2D eigenvalue weighted by Crippen LogP contribution is 2.59. The highest BCUT2D eigenvalue weighted by molar-refractivity contribution is 5.77. The molecule has 0 heterocycles. The third-order valence-corrected chi connectivity index (χ3v) is 4.55. The second-order valence-corrected chi connectivity index (χ2v) is 5.48. The van der Waals surface area contributed by atoms with Crippen molar-refractivity contribution in [2.24, 2.45) is 0 Å². The monoisotopic (exact) mass is 278 g/mol. The van der Waals surface area contributed by atoms with E-state index in [-0.39, 0.29) is 5.56 Å². The van der Waals surface area contributed by atoms with Crippen LogP contribution in [0, 0.1) is 0 Å². The van der Waals surface area contributed by atoms with Crippen molar-refractivity contribution >= 4 is 5.97 Å². The predicted octanol–water partition coefficient (Wildman–Crippen LogP) is 2.19. The van der Waals surface area contributed by atoms with Crippen molar-refractivity contribution < 1.29 is 24.5 Å². The first-order valence-corrected chi connectivity index (χ1v) is 6.78. The Morgan fingerprint density at radius 1 is 1.25 bits per heavy atom. The van der Waals surface area contributed by atoms with Crippen LogP contribution in [0.25, 0.3) is 0 Å². The van der Waals surface area contributed by atoms with E-state index in [9.17, 15) is 9.90 Å². The van der Waals surface area contributed by atoms with E-state index < -0.39 is 12.1 Å². The van der Waals surface area contributed by atoms with Gasteiger partial charge in [-0.15, -0.1) is 0 Å². The molecule has 0 amide bonds. The van der Waals surface area contributed by atoms with E-state index in [1.165, 1.54) is 7.11 Å². The van der Waals surface area contributed by atoms with Gasteiger partial charge in [-0.2, -0.15) is 0 Å². The fourth-order valence-electron chi connectivity index (χ4n) is 3.76. The second kappa shape index (κ2) is 4.66. The van der Waals surface area contributed by atoms with E-state index in [1.807, 2.05) is 0 Å². The second-order valence-electron chi connectivity index (χ2n) is 5.48. The zero-order valence-corrected chi connectivity index (χ0v) is 11.5. The summed E-state index contributed by atoms with van der Waals surface area (Å²) in [6.45, 7) is 0. The molecule has 0 aliphatic heterocycles. The zero-order valence-electron chi connectivity index (χ0n) is 11.5. The number of benzene rings is 1. The van der Waals surface area contributed by atoms with Crippen molar-refractivity contribution in [1.82, 2.24) is 0 Å². The molecular formula is C15H18O5. The van der Waals surface area contributed by atoms with Gasteiger partial charge in [-0.05, 0) is 37.2 Å². The predicted molar refractivity (Wildman–Crippen MR) is 71.5 cm³/mol. The number of hydrogen-bond donors (Lipinski definition) is 2. The number of aliphatic hydroxyl groups is 1. The maximum absolute atomic E-state index is 11.1. The number of carboxylic acid groups (broad SMARTS) is 1. The molecule has 3 rings (SSSR count). The molecule has 0 radical (unpaired) electrons. The first-order valence-electron chi connectivity index (χ1n) is 6.78. The zero-order chi connectivity index (χ0) is 14.4. The molecular weight excluding hydrogens is 260 g/mol. The van der Waals surface area contributed by atoms with Gasteiger partial charge in [0.1, 0.15) is 11.5 Å². The first-order chi connectivity index (χ1) is 9.58. The van der Waals surface area contributed by atoms with E-state index in [2.05, 4.69) is 0 Å². The van der Waals surface area contributed by atoms with Crippen molar-refractivity contribution in [2.75, 3.05) is 14.2 Å². The first kappa shape index (κ1) is 13.2. The van der Waals surface area contributed by atoms with Crippen LogP contribution in [-0.4, -0.2) is 30.4 Å². The van der Waals surface area contributed by atoms with Gasteiger partial charge in [0.2, 0.25) is 0 Å². The number of aliphatic hydroxyl groups excluding tert-OH is 1. The van der Waals surface area contributed by atoms with Crippen LogP contribution in [0.3, 0.4) is 0 Å². The number of ether oxygens (including phenoxy) is 2. The minimum absolute atomic E-state index is 0.281. The molecule has 3 unspecified atom stereocenters. The number of carbonyl (C=O) groups is 1. The molecule has 3 atom stereocenters. The normalized spacial score (nSPS) is 24.4. The summed E-state index contributed by atoms with van der Waals surface area (Å²) in [4.78, 5) is 11.1. The van der Waals surface area contributed by atoms with E-state index in [0.717, 1.165) is 30.4 Å². The molecule has 1 aromatic carbocycles. The quantitative estimate of drug-likeness (QED) is 0.883. The number of methoxy groups -OCH3 is 2. The maximum atomic E-state index is 11.1. The average Bonchev–Trinajstić information content (AvgIpc) is 3.06. The lowest BCUT2D eigenvalue weighted by Crippen LogP contribution is -2.14. The van der Waals surface area contributed by atoms with Crippen molar-refractivity contribution in [3.05, 3.63) is 22.8 Å². The largest absolute Gasteiger partial charge is 0.496 e. The van der Waals surface area contributed by atoms with Gasteiger partial charge in [-0.25, -0.2) is 4.79 Å². The standard InChI is InChI=1S/C15H18O5/c1-19-10-6-9(13(16)15(17)18)14(20-2)12-8-4-3-7(5-8)11(10)12/h6-8,13,16H,3-5H2,1-2H3,(H,17,18). The van der Waals surface area contributed by atoms with Gasteiger partial charge in [0.15, 0.2) is 6.10 Å². The van der Waals surface area contributed by atoms with E-state index >= 15 is 0 Å². The van der Waals surface area contributed by atoms with Crippen LogP contribution < -0.4 is 9.47 Å². The van der Waals surface area contributed by atoms with Crippen molar-refractivity contribution in [3.63, 3.8) is 0 Å². The Bertz CT molecular complexity index is 566. The Hall–Kier alpha value is -1.75. The molecule has 2 aliphatic carbocycles. The van der Waals surface area contributed by atoms with Crippen LogP contribution in [-0.2, 0) is 4.79 Å². The van der Waals surface area contributed by atoms with Crippen LogP contribution in [0.4, 0.5) is 0 Å². The summed E-state index contributed by atoms with van der Waals surface area (Å²) in [6.07, 6.45) is 1.69. The Kier molecular flexibility index (Phi) is 3.09. The molecule has 0 saturated heterocycles. The highest BCUT2D eigenvalue weighted by Gasteiger charge is 2.43. The van der Waals surface area contributed by atoms with Gasteiger partial charge in [0, 0.05) is 16.7 Å². The minimum atomic E-state index is -1.59. The smallest absolute Gasteiger partial charge is 0.337 e. The molecule has 2 bridgehead atoms.